The number of Topliss-reactive ketones (excluding diaryl/α,β-unsaturated/α-hetero) is 1. The van der Waals surface area contributed by atoms with Crippen molar-refractivity contribution in [3.05, 3.63) is 0 Å². The van der Waals surface area contributed by atoms with Gasteiger partial charge in [-0.05, 0) is 50.4 Å². The van der Waals surface area contributed by atoms with Crippen molar-refractivity contribution in [1.29, 1.82) is 0 Å². The second-order valence-corrected chi connectivity index (χ2v) is 13.8. The van der Waals surface area contributed by atoms with Gasteiger partial charge in [0.15, 0.2) is 11.1 Å². The zero-order valence-corrected chi connectivity index (χ0v) is 25.6. The van der Waals surface area contributed by atoms with Crippen LogP contribution in [0.2, 0.25) is 0 Å². The third-order valence-corrected chi connectivity index (χ3v) is 8.96. The number of amides is 5. The summed E-state index contributed by atoms with van der Waals surface area (Å²) in [6.45, 7) is 7.61. The summed E-state index contributed by atoms with van der Waals surface area (Å²) < 4.78 is 21.2. The van der Waals surface area contributed by atoms with E-state index in [9.17, 15) is 32.7 Å². The lowest BCUT2D eigenvalue weighted by atomic mass is 9.83. The predicted octanol–water partition coefficient (Wildman–Crippen LogP) is 1.75. The molecule has 0 radical (unpaired) electrons. The van der Waals surface area contributed by atoms with Crippen LogP contribution in [0.25, 0.3) is 0 Å². The minimum absolute atomic E-state index is 0.0187. The van der Waals surface area contributed by atoms with E-state index >= 15 is 0 Å². The van der Waals surface area contributed by atoms with E-state index in [4.69, 9.17) is 0 Å². The van der Waals surface area contributed by atoms with Crippen molar-refractivity contribution in [2.75, 3.05) is 12.3 Å². The zero-order chi connectivity index (χ0) is 30.4. The lowest BCUT2D eigenvalue weighted by molar-refractivity contribution is -0.143. The topological polar surface area (TPSA) is 174 Å². The number of hydrogen-bond acceptors (Lipinski definition) is 6. The fraction of sp³-hybridized carbons (Fsp3) is 0.821. The summed E-state index contributed by atoms with van der Waals surface area (Å²) >= 11 is -2.09. The Morgan fingerprint density at radius 1 is 1.00 bits per heavy atom. The maximum atomic E-state index is 13.9. The molecule has 2 saturated carbocycles. The summed E-state index contributed by atoms with van der Waals surface area (Å²) in [6, 6.07) is -3.37. The Labute approximate surface area is 245 Å². The van der Waals surface area contributed by atoms with Crippen molar-refractivity contribution < 1.29 is 32.7 Å². The monoisotopic (exact) mass is 597 g/mol. The van der Waals surface area contributed by atoms with Crippen LogP contribution in [0.1, 0.15) is 98.3 Å². The predicted molar refractivity (Wildman–Crippen MR) is 154 cm³/mol. The van der Waals surface area contributed by atoms with Crippen molar-refractivity contribution in [3.63, 3.8) is 0 Å². The summed E-state index contributed by atoms with van der Waals surface area (Å²) in [5.41, 5.74) is -1.53. The molecular weight excluding hydrogens is 550 g/mol. The van der Waals surface area contributed by atoms with Gasteiger partial charge in [-0.3, -0.25) is 19.2 Å². The Bertz CT molecular complexity index is 1020. The van der Waals surface area contributed by atoms with Crippen molar-refractivity contribution in [2.45, 2.75) is 128 Å². The first-order chi connectivity index (χ1) is 19.3. The van der Waals surface area contributed by atoms with Gasteiger partial charge < -0.3 is 30.7 Å². The Balaban J connectivity index is 1.70. The second kappa shape index (κ2) is 14.1. The van der Waals surface area contributed by atoms with Crippen molar-refractivity contribution in [2.24, 2.45) is 5.41 Å². The van der Waals surface area contributed by atoms with Crippen LogP contribution in [0, 0.1) is 5.41 Å². The fourth-order valence-corrected chi connectivity index (χ4v) is 6.60. The van der Waals surface area contributed by atoms with Crippen LogP contribution >= 0.6 is 0 Å². The van der Waals surface area contributed by atoms with E-state index < -0.39 is 69.7 Å². The highest BCUT2D eigenvalue weighted by Gasteiger charge is 2.44. The Hall–Kier alpha value is -2.54. The van der Waals surface area contributed by atoms with Gasteiger partial charge in [-0.25, -0.2) is 9.00 Å². The van der Waals surface area contributed by atoms with Gasteiger partial charge in [-0.15, -0.1) is 0 Å². The number of rotatable bonds is 12. The van der Waals surface area contributed by atoms with Crippen molar-refractivity contribution >= 4 is 40.6 Å². The maximum absolute atomic E-state index is 13.9. The quantitative estimate of drug-likeness (QED) is 0.168. The number of likely N-dealkylation sites (tertiary alicyclic amines) is 1. The van der Waals surface area contributed by atoms with Crippen LogP contribution < -0.4 is 21.3 Å². The molecule has 13 heteroatoms. The SMILES string of the molecule is CCCC(NC(=O)[C@@H]1CCCN1C(=O)[C@@H](NC(=O)NC1(CS(=O)O)CCCCC1)C(C)(C)C)C(=O)C(=O)NC1CC1. The number of urea groups is 1. The van der Waals surface area contributed by atoms with E-state index in [0.29, 0.717) is 45.1 Å². The molecule has 3 rings (SSSR count). The Morgan fingerprint density at radius 2 is 1.66 bits per heavy atom. The molecule has 0 spiro atoms. The molecule has 0 aromatic heterocycles. The first kappa shape index (κ1) is 33.0. The second-order valence-electron chi connectivity index (χ2n) is 12.9. The zero-order valence-electron chi connectivity index (χ0n) is 24.8. The minimum atomic E-state index is -2.09. The van der Waals surface area contributed by atoms with Gasteiger partial charge in [0.05, 0.1) is 17.3 Å². The number of ketones is 1. The van der Waals surface area contributed by atoms with E-state index in [1.807, 2.05) is 27.7 Å². The van der Waals surface area contributed by atoms with Crippen LogP contribution in [-0.2, 0) is 30.3 Å². The molecule has 12 nitrogen and oxygen atoms in total. The summed E-state index contributed by atoms with van der Waals surface area (Å²) in [6.07, 6.45) is 7.32. The molecule has 4 atom stereocenters. The number of carbonyl (C=O) groups excluding carboxylic acids is 5. The summed E-state index contributed by atoms with van der Waals surface area (Å²) in [5, 5.41) is 11.1. The van der Waals surface area contributed by atoms with Gasteiger partial charge in [-0.2, -0.15) is 0 Å². The molecule has 1 saturated heterocycles. The highest BCUT2D eigenvalue weighted by Crippen LogP contribution is 2.30. The molecule has 5 amide bonds. The maximum Gasteiger partial charge on any atom is 0.315 e. The van der Waals surface area contributed by atoms with Crippen molar-refractivity contribution in [3.8, 4) is 0 Å². The minimum Gasteiger partial charge on any atom is -0.347 e. The summed E-state index contributed by atoms with van der Waals surface area (Å²) in [7, 11) is 0. The first-order valence-corrected chi connectivity index (χ1v) is 16.2. The van der Waals surface area contributed by atoms with E-state index in [1.165, 1.54) is 4.90 Å². The molecule has 5 N–H and O–H groups in total. The molecule has 0 aromatic carbocycles. The van der Waals surface area contributed by atoms with Gasteiger partial charge in [0.1, 0.15) is 12.1 Å². The Kier molecular flexibility index (Phi) is 11.3. The van der Waals surface area contributed by atoms with Crippen LogP contribution in [0.4, 0.5) is 4.79 Å². The largest absolute Gasteiger partial charge is 0.347 e. The van der Waals surface area contributed by atoms with Crippen LogP contribution in [-0.4, -0.2) is 85.2 Å². The number of hydrogen-bond donors (Lipinski definition) is 5. The standard InChI is InChI=1S/C28H47N5O7S/c1-5-10-19(21(34)24(36)29-18-12-13-18)30-23(35)20-11-9-16-33(20)25(37)22(27(2,3)4)31-26(38)32-28(17-41(39)40)14-7-6-8-15-28/h18-20,22H,5-17H2,1-4H3,(H,29,36)(H,30,35)(H,39,40)(H2,31,32,38)/t19?,20-,22+/m0/s1. The third kappa shape index (κ3) is 9.22. The highest BCUT2D eigenvalue weighted by atomic mass is 32.2. The lowest BCUT2D eigenvalue weighted by Gasteiger charge is -2.39. The smallest absolute Gasteiger partial charge is 0.315 e. The van der Waals surface area contributed by atoms with E-state index in [1.54, 1.807) is 0 Å². The third-order valence-electron chi connectivity index (χ3n) is 8.16. The molecule has 2 unspecified atom stereocenters. The molecule has 3 aliphatic rings. The molecule has 0 aromatic rings. The van der Waals surface area contributed by atoms with Gasteiger partial charge in [-0.1, -0.05) is 53.4 Å². The molecule has 41 heavy (non-hydrogen) atoms. The summed E-state index contributed by atoms with van der Waals surface area (Å²) in [4.78, 5) is 67.0. The van der Waals surface area contributed by atoms with Gasteiger partial charge in [0.2, 0.25) is 17.6 Å². The highest BCUT2D eigenvalue weighted by molar-refractivity contribution is 7.79. The fourth-order valence-electron chi connectivity index (χ4n) is 5.76. The number of nitrogens with zero attached hydrogens (tertiary/aromatic N) is 1. The molecule has 3 fully saturated rings. The molecule has 1 aliphatic heterocycles. The average molecular weight is 598 g/mol. The first-order valence-electron chi connectivity index (χ1n) is 14.9. The van der Waals surface area contributed by atoms with Crippen LogP contribution in [0.5, 0.6) is 0 Å². The summed E-state index contributed by atoms with van der Waals surface area (Å²) in [5.74, 6) is -2.38. The van der Waals surface area contributed by atoms with Crippen LogP contribution in [0.15, 0.2) is 0 Å². The molecular formula is C28H47N5O7S. The van der Waals surface area contributed by atoms with Gasteiger partial charge in [0, 0.05) is 12.6 Å². The molecule has 2 aliphatic carbocycles. The van der Waals surface area contributed by atoms with Crippen LogP contribution in [0.3, 0.4) is 0 Å². The Morgan fingerprint density at radius 3 is 2.22 bits per heavy atom. The van der Waals surface area contributed by atoms with E-state index in [-0.39, 0.29) is 11.8 Å². The van der Waals surface area contributed by atoms with E-state index in [2.05, 4.69) is 21.3 Å². The normalized spacial score (nSPS) is 22.7. The number of carbonyl (C=O) groups is 5. The average Bonchev–Trinajstić information content (AvgIpc) is 3.56. The van der Waals surface area contributed by atoms with Gasteiger partial charge in [0.25, 0.3) is 5.91 Å². The van der Waals surface area contributed by atoms with Gasteiger partial charge >= 0.3 is 6.03 Å². The number of nitrogens with one attached hydrogen (secondary N) is 4. The van der Waals surface area contributed by atoms with Crippen molar-refractivity contribution in [1.82, 2.24) is 26.2 Å². The molecule has 232 valence electrons. The van der Waals surface area contributed by atoms with E-state index in [0.717, 1.165) is 32.1 Å². The molecule has 0 bridgehead atoms. The molecule has 1 heterocycles. The lowest BCUT2D eigenvalue weighted by Crippen LogP contribution is -2.63.